The second kappa shape index (κ2) is 8.70. The standard InChI is InChI=1S/C22H28N2O2S/c1-14-10-15(2)21(16(3)11-14)24-20(25)13-23-22(26)19-12-17-8-6-4-5-7-9-18(17)27-19/h10-12H,4-9,13H2,1-3H3,(H,23,26)(H,24,25). The molecule has 1 aromatic carbocycles. The van der Waals surface area contributed by atoms with Crippen LogP contribution in [0.5, 0.6) is 0 Å². The summed E-state index contributed by atoms with van der Waals surface area (Å²) in [6.45, 7) is 5.98. The van der Waals surface area contributed by atoms with Gasteiger partial charge in [-0.25, -0.2) is 0 Å². The van der Waals surface area contributed by atoms with Gasteiger partial charge in [-0.1, -0.05) is 30.5 Å². The van der Waals surface area contributed by atoms with Gasteiger partial charge in [-0.2, -0.15) is 0 Å². The lowest BCUT2D eigenvalue weighted by Gasteiger charge is -2.13. The van der Waals surface area contributed by atoms with E-state index in [0.717, 1.165) is 34.5 Å². The van der Waals surface area contributed by atoms with Crippen LogP contribution in [0.25, 0.3) is 0 Å². The first kappa shape index (κ1) is 19.6. The quantitative estimate of drug-likeness (QED) is 0.803. The molecule has 144 valence electrons. The molecule has 2 amide bonds. The van der Waals surface area contributed by atoms with E-state index in [2.05, 4.69) is 10.6 Å². The van der Waals surface area contributed by atoms with Crippen molar-refractivity contribution >= 4 is 28.8 Å². The van der Waals surface area contributed by atoms with E-state index in [9.17, 15) is 9.59 Å². The van der Waals surface area contributed by atoms with Crippen molar-refractivity contribution in [3.05, 3.63) is 50.2 Å². The highest BCUT2D eigenvalue weighted by Crippen LogP contribution is 2.28. The number of amides is 2. The number of carbonyl (C=O) groups is 2. The van der Waals surface area contributed by atoms with Crippen LogP contribution in [0.1, 0.15) is 62.5 Å². The number of benzene rings is 1. The number of thiophene rings is 1. The van der Waals surface area contributed by atoms with Crippen LogP contribution in [0, 0.1) is 20.8 Å². The molecule has 0 atom stereocenters. The minimum absolute atomic E-state index is 0.0197. The van der Waals surface area contributed by atoms with Gasteiger partial charge in [0.1, 0.15) is 0 Å². The summed E-state index contributed by atoms with van der Waals surface area (Å²) in [6, 6.07) is 6.11. The van der Waals surface area contributed by atoms with Gasteiger partial charge < -0.3 is 10.6 Å². The predicted molar refractivity (Wildman–Crippen MR) is 112 cm³/mol. The van der Waals surface area contributed by atoms with Gasteiger partial charge in [0, 0.05) is 10.6 Å². The third-order valence-electron chi connectivity index (χ3n) is 5.07. The van der Waals surface area contributed by atoms with Crippen molar-refractivity contribution in [2.75, 3.05) is 11.9 Å². The van der Waals surface area contributed by atoms with Gasteiger partial charge in [-0.15, -0.1) is 11.3 Å². The van der Waals surface area contributed by atoms with Crippen molar-refractivity contribution in [2.24, 2.45) is 0 Å². The topological polar surface area (TPSA) is 58.2 Å². The zero-order chi connectivity index (χ0) is 19.4. The number of hydrogen-bond donors (Lipinski definition) is 2. The number of hydrogen-bond acceptors (Lipinski definition) is 3. The van der Waals surface area contributed by atoms with E-state index < -0.39 is 0 Å². The number of aryl methyl sites for hydroxylation is 5. The van der Waals surface area contributed by atoms with Crippen molar-refractivity contribution in [3.63, 3.8) is 0 Å². The van der Waals surface area contributed by atoms with Crippen LogP contribution in [-0.4, -0.2) is 18.4 Å². The third-order valence-corrected chi connectivity index (χ3v) is 6.31. The molecule has 3 rings (SSSR count). The second-order valence-electron chi connectivity index (χ2n) is 7.48. The molecule has 2 N–H and O–H groups in total. The van der Waals surface area contributed by atoms with E-state index in [1.807, 2.05) is 39.0 Å². The SMILES string of the molecule is Cc1cc(C)c(NC(=O)CNC(=O)c2cc3c(s2)CCCCCC3)c(C)c1. The van der Waals surface area contributed by atoms with E-state index in [0.29, 0.717) is 0 Å². The van der Waals surface area contributed by atoms with E-state index in [4.69, 9.17) is 0 Å². The smallest absolute Gasteiger partial charge is 0.261 e. The Balaban J connectivity index is 1.59. The maximum absolute atomic E-state index is 12.5. The van der Waals surface area contributed by atoms with Gasteiger partial charge in [-0.3, -0.25) is 9.59 Å². The number of rotatable bonds is 4. The monoisotopic (exact) mass is 384 g/mol. The molecular weight excluding hydrogens is 356 g/mol. The Labute approximate surface area is 165 Å². The van der Waals surface area contributed by atoms with Crippen LogP contribution in [0.2, 0.25) is 0 Å². The summed E-state index contributed by atoms with van der Waals surface area (Å²) in [5, 5.41) is 5.70. The lowest BCUT2D eigenvalue weighted by atomic mass is 10.00. The average Bonchev–Trinajstić information content (AvgIpc) is 2.98. The lowest BCUT2D eigenvalue weighted by molar-refractivity contribution is -0.115. The molecular formula is C22H28N2O2S. The molecule has 4 nitrogen and oxygen atoms in total. The van der Waals surface area contributed by atoms with Crippen molar-refractivity contribution in [3.8, 4) is 0 Å². The summed E-state index contributed by atoms with van der Waals surface area (Å²) in [6.07, 6.45) is 7.08. The van der Waals surface area contributed by atoms with Crippen molar-refractivity contribution in [1.29, 1.82) is 0 Å². The van der Waals surface area contributed by atoms with Crippen LogP contribution < -0.4 is 10.6 Å². The molecule has 0 fully saturated rings. The maximum atomic E-state index is 12.5. The Morgan fingerprint density at radius 2 is 1.63 bits per heavy atom. The summed E-state index contributed by atoms with van der Waals surface area (Å²) >= 11 is 1.58. The number of fused-ring (bicyclic) bond motifs is 1. The van der Waals surface area contributed by atoms with Crippen LogP contribution >= 0.6 is 11.3 Å². The number of carbonyl (C=O) groups excluding carboxylic acids is 2. The molecule has 0 saturated heterocycles. The fourth-order valence-corrected chi connectivity index (χ4v) is 4.93. The van der Waals surface area contributed by atoms with Crippen molar-refractivity contribution < 1.29 is 9.59 Å². The zero-order valence-corrected chi connectivity index (χ0v) is 17.2. The minimum atomic E-state index is -0.201. The predicted octanol–water partition coefficient (Wildman–Crippen LogP) is 4.70. The molecule has 1 heterocycles. The molecule has 5 heteroatoms. The first-order chi connectivity index (χ1) is 12.9. The highest BCUT2D eigenvalue weighted by molar-refractivity contribution is 7.14. The van der Waals surface area contributed by atoms with Crippen molar-refractivity contribution in [1.82, 2.24) is 5.32 Å². The van der Waals surface area contributed by atoms with E-state index in [-0.39, 0.29) is 18.4 Å². The molecule has 1 aliphatic carbocycles. The second-order valence-corrected chi connectivity index (χ2v) is 8.61. The molecule has 0 saturated carbocycles. The van der Waals surface area contributed by atoms with E-state index in [1.165, 1.54) is 41.7 Å². The summed E-state index contributed by atoms with van der Waals surface area (Å²) < 4.78 is 0. The summed E-state index contributed by atoms with van der Waals surface area (Å²) in [7, 11) is 0. The fraction of sp³-hybridized carbons (Fsp3) is 0.455. The van der Waals surface area contributed by atoms with Gasteiger partial charge in [-0.05, 0) is 69.2 Å². The zero-order valence-electron chi connectivity index (χ0n) is 16.4. The summed E-state index contributed by atoms with van der Waals surface area (Å²) in [5.41, 5.74) is 5.39. The Bertz CT molecular complexity index is 805. The Morgan fingerprint density at radius 3 is 2.33 bits per heavy atom. The highest BCUT2D eigenvalue weighted by atomic mass is 32.1. The van der Waals surface area contributed by atoms with Crippen LogP contribution in [0.4, 0.5) is 5.69 Å². The third kappa shape index (κ3) is 4.98. The molecule has 0 spiro atoms. The Kier molecular flexibility index (Phi) is 6.32. The maximum Gasteiger partial charge on any atom is 0.261 e. The Morgan fingerprint density at radius 1 is 0.963 bits per heavy atom. The van der Waals surface area contributed by atoms with Crippen molar-refractivity contribution in [2.45, 2.75) is 59.3 Å². The highest BCUT2D eigenvalue weighted by Gasteiger charge is 2.17. The van der Waals surface area contributed by atoms with Gasteiger partial charge in [0.25, 0.3) is 5.91 Å². The molecule has 0 unspecified atom stereocenters. The fourth-order valence-electron chi connectivity index (χ4n) is 3.76. The molecule has 27 heavy (non-hydrogen) atoms. The molecule has 0 aliphatic heterocycles. The molecule has 1 aromatic heterocycles. The summed E-state index contributed by atoms with van der Waals surface area (Å²) in [5.74, 6) is -0.354. The molecule has 0 bridgehead atoms. The van der Waals surface area contributed by atoms with Gasteiger partial charge in [0.15, 0.2) is 0 Å². The van der Waals surface area contributed by atoms with E-state index >= 15 is 0 Å². The largest absolute Gasteiger partial charge is 0.342 e. The van der Waals surface area contributed by atoms with Crippen LogP contribution in [-0.2, 0) is 17.6 Å². The van der Waals surface area contributed by atoms with Crippen LogP contribution in [0.15, 0.2) is 18.2 Å². The van der Waals surface area contributed by atoms with Crippen LogP contribution in [0.3, 0.4) is 0 Å². The normalized spacial score (nSPS) is 14.0. The lowest BCUT2D eigenvalue weighted by Crippen LogP contribution is -2.32. The number of anilines is 1. The number of nitrogens with one attached hydrogen (secondary N) is 2. The molecule has 2 aromatic rings. The average molecular weight is 385 g/mol. The molecule has 0 radical (unpaired) electrons. The molecule has 1 aliphatic rings. The first-order valence-corrected chi connectivity index (χ1v) is 10.5. The van der Waals surface area contributed by atoms with Gasteiger partial charge >= 0.3 is 0 Å². The summed E-state index contributed by atoms with van der Waals surface area (Å²) in [4.78, 5) is 26.9. The van der Waals surface area contributed by atoms with Gasteiger partial charge in [0.2, 0.25) is 5.91 Å². The van der Waals surface area contributed by atoms with E-state index in [1.54, 1.807) is 11.3 Å². The first-order valence-electron chi connectivity index (χ1n) is 9.71. The minimum Gasteiger partial charge on any atom is -0.342 e. The van der Waals surface area contributed by atoms with Gasteiger partial charge in [0.05, 0.1) is 11.4 Å². The Hall–Kier alpha value is -2.14.